The Morgan fingerprint density at radius 3 is 2.17 bits per heavy atom. The van der Waals surface area contributed by atoms with Crippen molar-refractivity contribution in [3.8, 4) is 11.5 Å². The number of phenols is 1. The first kappa shape index (κ1) is 15.6. The summed E-state index contributed by atoms with van der Waals surface area (Å²) in [5.74, 6) is -1.30. The van der Waals surface area contributed by atoms with E-state index in [1.165, 1.54) is 31.2 Å². The zero-order valence-corrected chi connectivity index (χ0v) is 9.83. The lowest BCUT2D eigenvalue weighted by molar-refractivity contribution is -0.142. The number of carboxylic acids is 1. The Morgan fingerprint density at radius 2 is 1.72 bits per heavy atom. The number of hydrogen-bond acceptors (Lipinski definition) is 5. The van der Waals surface area contributed by atoms with Crippen LogP contribution in [-0.2, 0) is 14.4 Å². The van der Waals surface area contributed by atoms with Crippen LogP contribution < -0.4 is 4.74 Å². The molecule has 0 heterocycles. The minimum atomic E-state index is -1.04. The number of aldehydes is 1. The van der Waals surface area contributed by atoms with Crippen molar-refractivity contribution in [2.75, 3.05) is 0 Å². The van der Waals surface area contributed by atoms with Gasteiger partial charge in [0.1, 0.15) is 17.8 Å². The maximum Gasteiger partial charge on any atom is 0.311 e. The molecule has 1 aromatic rings. The molecule has 0 aromatic heterocycles. The molecule has 0 spiro atoms. The topological polar surface area (TPSA) is 101 Å². The number of carbonyl (C=O) groups is 3. The third-order valence-electron chi connectivity index (χ3n) is 1.61. The highest BCUT2D eigenvalue weighted by atomic mass is 16.5. The van der Waals surface area contributed by atoms with Crippen molar-refractivity contribution in [1.82, 2.24) is 0 Å². The molecule has 6 heteroatoms. The van der Waals surface area contributed by atoms with Crippen molar-refractivity contribution in [3.63, 3.8) is 0 Å². The molecule has 1 aromatic carbocycles. The van der Waals surface area contributed by atoms with Gasteiger partial charge in [-0.2, -0.15) is 0 Å². The molecule has 18 heavy (non-hydrogen) atoms. The normalized spacial score (nSPS) is 8.72. The van der Waals surface area contributed by atoms with E-state index in [1.807, 2.05) is 0 Å². The number of aromatic hydroxyl groups is 1. The zero-order valence-electron chi connectivity index (χ0n) is 9.83. The summed E-state index contributed by atoms with van der Waals surface area (Å²) in [6, 6.07) is 5.60. The van der Waals surface area contributed by atoms with Gasteiger partial charge in [-0.25, -0.2) is 0 Å². The van der Waals surface area contributed by atoms with Crippen molar-refractivity contribution >= 4 is 18.2 Å². The lowest BCUT2D eigenvalue weighted by atomic mass is 10.3. The molecule has 0 radical (unpaired) electrons. The van der Waals surface area contributed by atoms with Crippen LogP contribution in [0.15, 0.2) is 24.3 Å². The molecule has 0 fully saturated rings. The molecular formula is C12H14O6. The van der Waals surface area contributed by atoms with Gasteiger partial charge in [0.15, 0.2) is 0 Å². The van der Waals surface area contributed by atoms with Gasteiger partial charge in [-0.15, -0.1) is 0 Å². The Balaban J connectivity index is 0.000000873. The van der Waals surface area contributed by atoms with Gasteiger partial charge >= 0.3 is 11.9 Å². The summed E-state index contributed by atoms with van der Waals surface area (Å²) >= 11 is 0. The van der Waals surface area contributed by atoms with Gasteiger partial charge in [0, 0.05) is 0 Å². The maximum absolute atomic E-state index is 11.1. The van der Waals surface area contributed by atoms with Crippen LogP contribution in [0.1, 0.15) is 19.8 Å². The van der Waals surface area contributed by atoms with Crippen LogP contribution in [0.3, 0.4) is 0 Å². The molecule has 1 rings (SSSR count). The van der Waals surface area contributed by atoms with Crippen molar-refractivity contribution in [2.24, 2.45) is 0 Å². The number of esters is 1. The third-order valence-corrected chi connectivity index (χ3v) is 1.61. The van der Waals surface area contributed by atoms with E-state index in [9.17, 15) is 9.59 Å². The fourth-order valence-corrected chi connectivity index (χ4v) is 0.906. The van der Waals surface area contributed by atoms with Crippen LogP contribution in [0.25, 0.3) is 0 Å². The highest BCUT2D eigenvalue weighted by Crippen LogP contribution is 2.16. The lowest BCUT2D eigenvalue weighted by Gasteiger charge is -2.02. The van der Waals surface area contributed by atoms with Gasteiger partial charge in [0.2, 0.25) is 0 Å². The summed E-state index contributed by atoms with van der Waals surface area (Å²) < 4.78 is 4.81. The van der Waals surface area contributed by atoms with E-state index in [4.69, 9.17) is 19.7 Å². The number of phenolic OH excluding ortho intramolecular Hbond substituents is 1. The van der Waals surface area contributed by atoms with Crippen LogP contribution in [0, 0.1) is 0 Å². The second kappa shape index (κ2) is 8.74. The second-order valence-electron chi connectivity index (χ2n) is 3.10. The van der Waals surface area contributed by atoms with Crippen LogP contribution in [0.2, 0.25) is 0 Å². The summed E-state index contributed by atoms with van der Waals surface area (Å²) in [5, 5.41) is 17.3. The third kappa shape index (κ3) is 7.86. The van der Waals surface area contributed by atoms with E-state index in [1.54, 1.807) is 0 Å². The predicted octanol–water partition coefficient (Wildman–Crippen LogP) is 1.37. The second-order valence-corrected chi connectivity index (χ2v) is 3.10. The largest absolute Gasteiger partial charge is 0.508 e. The molecule has 6 nitrogen and oxygen atoms in total. The molecular weight excluding hydrogens is 240 g/mol. The number of benzene rings is 1. The Hall–Kier alpha value is -2.37. The van der Waals surface area contributed by atoms with Gasteiger partial charge in [-0.1, -0.05) is 0 Å². The first-order valence-electron chi connectivity index (χ1n) is 5.11. The van der Waals surface area contributed by atoms with E-state index in [0.717, 1.165) is 6.29 Å². The number of rotatable bonds is 4. The van der Waals surface area contributed by atoms with E-state index in [-0.39, 0.29) is 24.3 Å². The van der Waals surface area contributed by atoms with Crippen LogP contribution in [0.5, 0.6) is 11.5 Å². The average molecular weight is 254 g/mol. The molecule has 0 aliphatic carbocycles. The summed E-state index contributed by atoms with van der Waals surface area (Å²) in [6.45, 7) is 1.44. The minimum absolute atomic E-state index is 0.0698. The summed E-state index contributed by atoms with van der Waals surface area (Å²) in [5.41, 5.74) is 0. The summed E-state index contributed by atoms with van der Waals surface area (Å²) in [7, 11) is 0. The predicted molar refractivity (Wildman–Crippen MR) is 62.3 cm³/mol. The number of aliphatic carboxylic acids is 1. The molecule has 0 unspecified atom stereocenters. The summed E-state index contributed by atoms with van der Waals surface area (Å²) in [6.07, 6.45) is 0.327. The monoisotopic (exact) mass is 254 g/mol. The first-order chi connectivity index (χ1) is 8.49. The van der Waals surface area contributed by atoms with Gasteiger partial charge in [-0.05, 0) is 31.2 Å². The average Bonchev–Trinajstić information content (AvgIpc) is 2.31. The number of ether oxygens (including phenoxy) is 1. The summed E-state index contributed by atoms with van der Waals surface area (Å²) in [4.78, 5) is 30.0. The molecule has 0 saturated heterocycles. The van der Waals surface area contributed by atoms with E-state index in [0.29, 0.717) is 0 Å². The Morgan fingerprint density at radius 1 is 1.22 bits per heavy atom. The number of hydrogen-bond donors (Lipinski definition) is 2. The Labute approximate surface area is 104 Å². The standard InChI is InChI=1S/C10H10O5.C2H4O/c11-7-1-3-8(4-2-7)15-10(14)6-5-9(12)13;1-2-3/h1-4,11H,5-6H2,(H,12,13);2H,1H3. The van der Waals surface area contributed by atoms with Crippen molar-refractivity contribution in [2.45, 2.75) is 19.8 Å². The fraction of sp³-hybridized carbons (Fsp3) is 0.250. The molecule has 0 saturated carbocycles. The minimum Gasteiger partial charge on any atom is -0.508 e. The quantitative estimate of drug-likeness (QED) is 0.478. The molecule has 0 atom stereocenters. The van der Waals surface area contributed by atoms with Crippen LogP contribution in [0.4, 0.5) is 0 Å². The Kier molecular flexibility index (Phi) is 7.59. The van der Waals surface area contributed by atoms with Crippen molar-refractivity contribution < 1.29 is 29.3 Å². The molecule has 98 valence electrons. The van der Waals surface area contributed by atoms with E-state index in [2.05, 4.69) is 0 Å². The highest BCUT2D eigenvalue weighted by Gasteiger charge is 2.07. The smallest absolute Gasteiger partial charge is 0.311 e. The molecule has 0 aliphatic rings. The van der Waals surface area contributed by atoms with Crippen molar-refractivity contribution in [3.05, 3.63) is 24.3 Å². The van der Waals surface area contributed by atoms with Gasteiger partial charge in [-0.3, -0.25) is 9.59 Å². The van der Waals surface area contributed by atoms with E-state index >= 15 is 0 Å². The van der Waals surface area contributed by atoms with Crippen molar-refractivity contribution in [1.29, 1.82) is 0 Å². The molecule has 0 aliphatic heterocycles. The molecule has 2 N–H and O–H groups in total. The first-order valence-corrected chi connectivity index (χ1v) is 5.11. The number of carboxylic acid groups (broad SMARTS) is 1. The van der Waals surface area contributed by atoms with Gasteiger partial charge in [0.25, 0.3) is 0 Å². The Bertz CT molecular complexity index is 396. The van der Waals surface area contributed by atoms with Crippen LogP contribution >= 0.6 is 0 Å². The maximum atomic E-state index is 11.1. The SMILES string of the molecule is CC=O.O=C(O)CCC(=O)Oc1ccc(O)cc1. The van der Waals surface area contributed by atoms with E-state index < -0.39 is 11.9 Å². The van der Waals surface area contributed by atoms with Gasteiger partial charge in [0.05, 0.1) is 12.8 Å². The van der Waals surface area contributed by atoms with Crippen LogP contribution in [-0.4, -0.2) is 28.4 Å². The zero-order chi connectivity index (χ0) is 14.0. The highest BCUT2D eigenvalue weighted by molar-refractivity contribution is 5.78. The fourth-order valence-electron chi connectivity index (χ4n) is 0.906. The van der Waals surface area contributed by atoms with Gasteiger partial charge < -0.3 is 19.7 Å². The molecule has 0 amide bonds. The number of carbonyl (C=O) groups excluding carboxylic acids is 2. The molecule has 0 bridgehead atoms. The lowest BCUT2D eigenvalue weighted by Crippen LogP contribution is -2.10.